The molecule has 0 spiro atoms. The van der Waals surface area contributed by atoms with Gasteiger partial charge in [-0.15, -0.1) is 0 Å². The summed E-state index contributed by atoms with van der Waals surface area (Å²) in [5.41, 5.74) is -1.81. The Kier molecular flexibility index (Phi) is 15.3. The maximum absolute atomic E-state index is 12.0. The number of aliphatic hydroxyl groups is 7. The molecule has 9 unspecified atom stereocenters. The molecule has 0 aromatic heterocycles. The Morgan fingerprint density at radius 3 is 1.98 bits per heavy atom. The Labute approximate surface area is 330 Å². The molecule has 0 aliphatic carbocycles. The third-order valence-corrected chi connectivity index (χ3v) is 10.8. The molecule has 4 rings (SSSR count). The first-order valence-corrected chi connectivity index (χ1v) is 18.7. The van der Waals surface area contributed by atoms with E-state index >= 15 is 0 Å². The van der Waals surface area contributed by atoms with Crippen LogP contribution in [0.1, 0.15) is 51.7 Å². The summed E-state index contributed by atoms with van der Waals surface area (Å²) in [7, 11) is 3.45. The summed E-state index contributed by atoms with van der Waals surface area (Å²) in [6.45, 7) is 7.79. The first-order valence-electron chi connectivity index (χ1n) is 18.7. The monoisotopic (exact) mass is 808 g/mol. The quantitative estimate of drug-likeness (QED) is 0.0869. The van der Waals surface area contributed by atoms with Gasteiger partial charge in [0.05, 0.1) is 17.9 Å². The summed E-state index contributed by atoms with van der Waals surface area (Å²) in [4.78, 5) is 25.2. The van der Waals surface area contributed by atoms with Gasteiger partial charge in [0.25, 0.3) is 0 Å². The van der Waals surface area contributed by atoms with E-state index in [1.54, 1.807) is 69.2 Å². The minimum Gasteiger partial charge on any atom is -0.504 e. The van der Waals surface area contributed by atoms with Crippen LogP contribution in [0.3, 0.4) is 0 Å². The van der Waals surface area contributed by atoms with E-state index in [4.69, 9.17) is 23.7 Å². The average molecular weight is 809 g/mol. The van der Waals surface area contributed by atoms with Gasteiger partial charge in [0, 0.05) is 24.9 Å². The summed E-state index contributed by atoms with van der Waals surface area (Å²) in [6, 6.07) is 12.7. The highest BCUT2D eigenvalue weighted by Gasteiger charge is 2.50. The molecule has 10 N–H and O–H groups in total. The number of hydrogen-bond acceptors (Lipinski definition) is 16. The normalized spacial score (nSPS) is 28.4. The van der Waals surface area contributed by atoms with E-state index in [-0.39, 0.29) is 37.1 Å². The summed E-state index contributed by atoms with van der Waals surface area (Å²) < 4.78 is 28.4. The predicted molar refractivity (Wildman–Crippen MR) is 200 cm³/mol. The number of hydrogen-bond donors (Lipinski definition) is 10. The molecule has 18 heteroatoms. The highest BCUT2D eigenvalue weighted by Crippen LogP contribution is 2.38. The number of ether oxygens (including phenoxy) is 5. The van der Waals surface area contributed by atoms with Crippen LogP contribution in [0.2, 0.25) is 0 Å². The van der Waals surface area contributed by atoms with Crippen molar-refractivity contribution in [1.82, 2.24) is 10.2 Å². The largest absolute Gasteiger partial charge is 0.504 e. The molecule has 2 heterocycles. The Hall–Kier alpha value is -4.08. The topological polar surface area (TPSA) is 278 Å². The van der Waals surface area contributed by atoms with Crippen LogP contribution in [0.25, 0.3) is 0 Å². The predicted octanol–water partition coefficient (Wildman–Crippen LogP) is 0.569. The van der Waals surface area contributed by atoms with E-state index in [0.717, 1.165) is 0 Å². The van der Waals surface area contributed by atoms with Gasteiger partial charge < -0.3 is 75.0 Å². The maximum Gasteiger partial charge on any atom is 0.347 e. The van der Waals surface area contributed by atoms with Crippen molar-refractivity contribution in [1.29, 1.82) is 0 Å². The number of aliphatic hydroxyl groups excluding tert-OH is 5. The Morgan fingerprint density at radius 2 is 1.42 bits per heavy atom. The van der Waals surface area contributed by atoms with Crippen LogP contribution in [0.15, 0.2) is 60.2 Å². The van der Waals surface area contributed by atoms with Gasteiger partial charge in [0.2, 0.25) is 18.2 Å². The molecule has 2 aromatic carbocycles. The minimum absolute atomic E-state index is 0.0190. The lowest BCUT2D eigenvalue weighted by Crippen LogP contribution is -2.62. The van der Waals surface area contributed by atoms with Crippen molar-refractivity contribution < 1.29 is 79.2 Å². The molecule has 1 saturated heterocycles. The van der Waals surface area contributed by atoms with Gasteiger partial charge in [-0.1, -0.05) is 52.0 Å². The molecule has 2 aromatic rings. The van der Waals surface area contributed by atoms with Crippen LogP contribution in [0.5, 0.6) is 11.5 Å². The zero-order chi connectivity index (χ0) is 42.4. The number of carbonyl (C=O) groups is 2. The lowest BCUT2D eigenvalue weighted by molar-refractivity contribution is -0.286. The van der Waals surface area contributed by atoms with Crippen molar-refractivity contribution in [3.63, 3.8) is 0 Å². The summed E-state index contributed by atoms with van der Waals surface area (Å²) in [5.74, 6) is -5.26. The van der Waals surface area contributed by atoms with Crippen molar-refractivity contribution in [3.8, 4) is 11.5 Å². The van der Waals surface area contributed by atoms with Crippen molar-refractivity contribution >= 4 is 11.9 Å². The first kappa shape index (κ1) is 45.6. The number of carboxylic acids is 2. The zero-order valence-electron chi connectivity index (χ0n) is 32.8. The molecule has 2 aliphatic rings. The Bertz CT molecular complexity index is 1710. The zero-order valence-corrected chi connectivity index (χ0v) is 32.8. The van der Waals surface area contributed by atoms with Crippen molar-refractivity contribution in [2.24, 2.45) is 11.8 Å². The van der Waals surface area contributed by atoms with Crippen molar-refractivity contribution in [2.75, 3.05) is 33.9 Å². The second-order valence-electron chi connectivity index (χ2n) is 14.7. The SMILES string of the molecule is CCC(O)(c1cccc(O[C@@H]2OC(C(=O)O)[C@@H](O)C(O)C2OCN(C)CC(C)C(O)(CC)c2cccc(OC3=C(O)C(O)[C@H](O)C(C(=O)O)O3)c2)c1)C(C)CNC. The molecule has 318 valence electrons. The number of carboxylic acid groups (broad SMARTS) is 2. The maximum atomic E-state index is 12.0. The van der Waals surface area contributed by atoms with E-state index in [1.807, 2.05) is 13.8 Å². The highest BCUT2D eigenvalue weighted by atomic mass is 16.7. The van der Waals surface area contributed by atoms with Crippen LogP contribution >= 0.6 is 0 Å². The van der Waals surface area contributed by atoms with Gasteiger partial charge in [-0.05, 0) is 62.3 Å². The van der Waals surface area contributed by atoms with E-state index in [0.29, 0.717) is 24.1 Å². The van der Waals surface area contributed by atoms with Crippen molar-refractivity contribution in [3.05, 3.63) is 71.4 Å². The summed E-state index contributed by atoms with van der Waals surface area (Å²) in [5, 5.41) is 97.9. The average Bonchev–Trinajstić information content (AvgIpc) is 3.18. The number of rotatable bonds is 19. The molecular formula is C39H56N2O16. The molecule has 0 saturated carbocycles. The number of nitrogens with one attached hydrogen (secondary N) is 1. The number of nitrogens with zero attached hydrogens (tertiary/aromatic N) is 1. The number of aliphatic carboxylic acids is 2. The van der Waals surface area contributed by atoms with Crippen molar-refractivity contribution in [2.45, 2.75) is 101 Å². The highest BCUT2D eigenvalue weighted by molar-refractivity contribution is 5.74. The first-order chi connectivity index (χ1) is 26.8. The summed E-state index contributed by atoms with van der Waals surface area (Å²) in [6.07, 6.45) is -13.6. The van der Waals surface area contributed by atoms with E-state index in [9.17, 15) is 55.5 Å². The van der Waals surface area contributed by atoms with Crippen LogP contribution in [0.4, 0.5) is 0 Å². The molecule has 0 amide bonds. The second kappa shape index (κ2) is 19.1. The third-order valence-electron chi connectivity index (χ3n) is 10.8. The Balaban J connectivity index is 1.49. The van der Waals surface area contributed by atoms with Crippen LogP contribution in [0, 0.1) is 11.8 Å². The fraction of sp³-hybridized carbons (Fsp3) is 0.590. The fourth-order valence-corrected chi connectivity index (χ4v) is 7.22. The van der Waals surface area contributed by atoms with Gasteiger partial charge in [-0.25, -0.2) is 9.59 Å². The van der Waals surface area contributed by atoms with Crippen LogP contribution < -0.4 is 14.8 Å². The van der Waals surface area contributed by atoms with Crippen LogP contribution in [-0.2, 0) is 35.0 Å². The van der Waals surface area contributed by atoms with Gasteiger partial charge in [-0.2, -0.15) is 0 Å². The van der Waals surface area contributed by atoms with E-state index in [1.165, 1.54) is 12.1 Å². The van der Waals surface area contributed by atoms with Gasteiger partial charge in [0.15, 0.2) is 6.10 Å². The Morgan fingerprint density at radius 1 is 0.860 bits per heavy atom. The lowest BCUT2D eigenvalue weighted by atomic mass is 9.80. The molecular weight excluding hydrogens is 752 g/mol. The van der Waals surface area contributed by atoms with Gasteiger partial charge >= 0.3 is 17.9 Å². The molecule has 0 radical (unpaired) electrons. The van der Waals surface area contributed by atoms with Crippen LogP contribution in [-0.4, -0.2) is 146 Å². The molecule has 2 aliphatic heterocycles. The fourth-order valence-electron chi connectivity index (χ4n) is 7.22. The van der Waals surface area contributed by atoms with Gasteiger partial charge in [-0.3, -0.25) is 4.90 Å². The molecule has 57 heavy (non-hydrogen) atoms. The minimum atomic E-state index is -1.98. The van der Waals surface area contributed by atoms with Gasteiger partial charge in [0.1, 0.15) is 42.0 Å². The molecule has 18 nitrogen and oxygen atoms in total. The van der Waals surface area contributed by atoms with E-state index < -0.39 is 89.8 Å². The third kappa shape index (κ3) is 9.97. The molecule has 0 bridgehead atoms. The second-order valence-corrected chi connectivity index (χ2v) is 14.7. The van der Waals surface area contributed by atoms with E-state index in [2.05, 4.69) is 5.32 Å². The number of benzene rings is 2. The molecule has 1 fully saturated rings. The lowest BCUT2D eigenvalue weighted by Gasteiger charge is -2.41. The summed E-state index contributed by atoms with van der Waals surface area (Å²) >= 11 is 0. The smallest absolute Gasteiger partial charge is 0.347 e. The molecule has 12 atom stereocenters. The standard InChI is InChI=1S/C39H56N2O16/c1-7-38(51,20(3)17-40-5)22-11-9-14-25(15-22)55-37-33(29(45)28(44)32(57-37)35(49)50)53-19-41(6)18-21(4)39(52,8-2)23-12-10-13-24(16-23)54-36-30(46)26(42)27(43)31(56-36)34(47)48/h9-16,20-21,26-29,31-33,37,40,42-46,51-52H,7-8,17-19H2,1-6H3,(H,47,48)(H,49,50)/t20?,21?,26?,27-,28-,29?,31?,32?,33?,37+,38?,39?/m0/s1.